The van der Waals surface area contributed by atoms with Gasteiger partial charge in [-0.15, -0.1) is 0 Å². The van der Waals surface area contributed by atoms with Crippen LogP contribution in [-0.2, 0) is 30.4 Å². The molecule has 1 amide bonds. The molecule has 1 aromatic rings. The van der Waals surface area contributed by atoms with E-state index in [9.17, 15) is 14.4 Å². The van der Waals surface area contributed by atoms with Crippen molar-refractivity contribution in [3.8, 4) is 0 Å². The van der Waals surface area contributed by atoms with Crippen LogP contribution in [0.3, 0.4) is 0 Å². The van der Waals surface area contributed by atoms with Crippen LogP contribution in [0.25, 0.3) is 0 Å². The molecule has 0 bridgehead atoms. The predicted molar refractivity (Wildman–Crippen MR) is 95.1 cm³/mol. The van der Waals surface area contributed by atoms with E-state index in [2.05, 4.69) is 10.1 Å². The quantitative estimate of drug-likeness (QED) is 0.412. The Hall–Kier alpha value is -2.83. The zero-order valence-electron chi connectivity index (χ0n) is 15.3. The molecule has 1 unspecified atom stereocenters. The molecule has 0 fully saturated rings. The molecule has 0 spiro atoms. The van der Waals surface area contributed by atoms with Crippen molar-refractivity contribution >= 4 is 18.0 Å². The first-order valence-corrected chi connectivity index (χ1v) is 8.41. The van der Waals surface area contributed by atoms with Crippen LogP contribution in [-0.4, -0.2) is 37.3 Å². The molecule has 1 rings (SSSR count). The van der Waals surface area contributed by atoms with Crippen molar-refractivity contribution in [2.24, 2.45) is 5.92 Å². The van der Waals surface area contributed by atoms with Crippen LogP contribution in [0.5, 0.6) is 0 Å². The highest BCUT2D eigenvalue weighted by atomic mass is 16.6. The van der Waals surface area contributed by atoms with Gasteiger partial charge in [0.05, 0.1) is 12.6 Å². The maximum Gasteiger partial charge on any atom is 0.407 e. The van der Waals surface area contributed by atoms with Crippen molar-refractivity contribution in [2.75, 3.05) is 13.2 Å². The summed E-state index contributed by atoms with van der Waals surface area (Å²) in [4.78, 5) is 34.7. The number of carbonyl (C=O) groups excluding carboxylic acids is 3. The fourth-order valence-corrected chi connectivity index (χ4v) is 1.86. The van der Waals surface area contributed by atoms with Gasteiger partial charge in [-0.25, -0.2) is 14.4 Å². The maximum absolute atomic E-state index is 11.9. The number of amides is 1. The zero-order chi connectivity index (χ0) is 19.4. The van der Waals surface area contributed by atoms with Gasteiger partial charge < -0.3 is 19.5 Å². The molecule has 142 valence electrons. The van der Waals surface area contributed by atoms with E-state index >= 15 is 0 Å². The van der Waals surface area contributed by atoms with Gasteiger partial charge in [0.15, 0.2) is 0 Å². The van der Waals surface area contributed by atoms with E-state index in [0.717, 1.165) is 17.7 Å². The van der Waals surface area contributed by atoms with E-state index in [1.807, 2.05) is 44.2 Å². The van der Waals surface area contributed by atoms with Crippen LogP contribution < -0.4 is 5.32 Å². The Morgan fingerprint density at radius 3 is 2.19 bits per heavy atom. The highest BCUT2D eigenvalue weighted by Crippen LogP contribution is 2.05. The Kier molecular flexibility index (Phi) is 9.53. The molecule has 0 aliphatic carbocycles. The summed E-state index contributed by atoms with van der Waals surface area (Å²) in [5.74, 6) is -1.29. The van der Waals surface area contributed by atoms with Crippen LogP contribution in [0, 0.1) is 5.92 Å². The molecular weight excluding hydrogens is 338 g/mol. The van der Waals surface area contributed by atoms with Crippen molar-refractivity contribution in [2.45, 2.75) is 33.4 Å². The topological polar surface area (TPSA) is 90.9 Å². The number of carbonyl (C=O) groups is 3. The molecule has 1 atom stereocenters. The molecule has 0 radical (unpaired) electrons. The minimum atomic E-state index is -0.692. The molecule has 0 aliphatic rings. The van der Waals surface area contributed by atoms with Gasteiger partial charge in [0, 0.05) is 12.2 Å². The van der Waals surface area contributed by atoms with Gasteiger partial charge in [-0.3, -0.25) is 0 Å². The third-order valence-electron chi connectivity index (χ3n) is 3.37. The summed E-state index contributed by atoms with van der Waals surface area (Å²) in [5, 5.41) is 2.67. The predicted octanol–water partition coefficient (Wildman–Crippen LogP) is 2.60. The molecular formula is C19H25NO6. The number of alkyl carbamates (subject to hydrolysis) is 1. The maximum atomic E-state index is 11.9. The number of ether oxygens (including phenoxy) is 3. The second-order valence-electron chi connectivity index (χ2n) is 5.77. The highest BCUT2D eigenvalue weighted by Gasteiger charge is 2.18. The van der Waals surface area contributed by atoms with Gasteiger partial charge in [0.2, 0.25) is 0 Å². The highest BCUT2D eigenvalue weighted by molar-refractivity contribution is 5.91. The van der Waals surface area contributed by atoms with E-state index < -0.39 is 24.1 Å². The minimum absolute atomic E-state index is 0.0149. The fourth-order valence-electron chi connectivity index (χ4n) is 1.86. The Morgan fingerprint density at radius 2 is 1.62 bits per heavy atom. The van der Waals surface area contributed by atoms with E-state index in [1.54, 1.807) is 6.92 Å². The third-order valence-corrected chi connectivity index (χ3v) is 3.37. The lowest BCUT2D eigenvalue weighted by Crippen LogP contribution is -2.42. The van der Waals surface area contributed by atoms with Crippen molar-refractivity contribution in [3.63, 3.8) is 0 Å². The Labute approximate surface area is 153 Å². The largest absolute Gasteiger partial charge is 0.463 e. The van der Waals surface area contributed by atoms with Gasteiger partial charge in [0.25, 0.3) is 0 Å². The molecule has 0 saturated heterocycles. The summed E-state index contributed by atoms with van der Waals surface area (Å²) >= 11 is 0. The van der Waals surface area contributed by atoms with Crippen LogP contribution >= 0.6 is 0 Å². The average Bonchev–Trinajstić information content (AvgIpc) is 2.62. The molecule has 7 nitrogen and oxygen atoms in total. The van der Waals surface area contributed by atoms with E-state index in [0.29, 0.717) is 0 Å². The van der Waals surface area contributed by atoms with Crippen molar-refractivity contribution in [3.05, 3.63) is 48.0 Å². The fraction of sp³-hybridized carbons (Fsp3) is 0.421. The van der Waals surface area contributed by atoms with Gasteiger partial charge in [-0.05, 0) is 18.4 Å². The van der Waals surface area contributed by atoms with Gasteiger partial charge in [-0.2, -0.15) is 0 Å². The summed E-state index contributed by atoms with van der Waals surface area (Å²) in [6.45, 7) is 5.76. The molecule has 26 heavy (non-hydrogen) atoms. The van der Waals surface area contributed by atoms with E-state index in [4.69, 9.17) is 9.47 Å². The monoisotopic (exact) mass is 363 g/mol. The van der Waals surface area contributed by atoms with Gasteiger partial charge in [-0.1, -0.05) is 44.2 Å². The molecule has 0 aromatic heterocycles. The lowest BCUT2D eigenvalue weighted by Gasteiger charge is -2.21. The number of rotatable bonds is 9. The normalized spacial score (nSPS) is 11.8. The first-order valence-electron chi connectivity index (χ1n) is 8.41. The summed E-state index contributed by atoms with van der Waals surface area (Å²) < 4.78 is 14.9. The number of benzene rings is 1. The molecule has 0 saturated carbocycles. The second kappa shape index (κ2) is 11.7. The number of hydrogen-bond donors (Lipinski definition) is 1. The van der Waals surface area contributed by atoms with Gasteiger partial charge in [0.1, 0.15) is 13.2 Å². The Bertz CT molecular complexity index is 612. The third kappa shape index (κ3) is 8.86. The Morgan fingerprint density at radius 1 is 1.00 bits per heavy atom. The molecule has 1 N–H and O–H groups in total. The molecule has 0 heterocycles. The minimum Gasteiger partial charge on any atom is -0.463 e. The lowest BCUT2D eigenvalue weighted by atomic mass is 10.1. The van der Waals surface area contributed by atoms with E-state index in [-0.39, 0.29) is 25.7 Å². The second-order valence-corrected chi connectivity index (χ2v) is 5.77. The smallest absolute Gasteiger partial charge is 0.407 e. The average molecular weight is 363 g/mol. The lowest BCUT2D eigenvalue weighted by molar-refractivity contribution is -0.140. The molecule has 1 aromatic carbocycles. The summed E-state index contributed by atoms with van der Waals surface area (Å²) in [5.41, 5.74) is 0.874. The summed E-state index contributed by atoms with van der Waals surface area (Å²) in [6, 6.07) is 8.88. The van der Waals surface area contributed by atoms with Gasteiger partial charge >= 0.3 is 18.0 Å². The number of esters is 2. The van der Waals surface area contributed by atoms with E-state index in [1.165, 1.54) is 0 Å². The van der Waals surface area contributed by atoms with Crippen LogP contribution in [0.2, 0.25) is 0 Å². The molecule has 0 aliphatic heterocycles. The van der Waals surface area contributed by atoms with Crippen molar-refractivity contribution < 1.29 is 28.6 Å². The summed E-state index contributed by atoms with van der Waals surface area (Å²) in [6.07, 6.45) is 1.40. The first kappa shape index (κ1) is 21.2. The standard InChI is InChI=1S/C19H25NO6/c1-4-24-17(21)10-11-18(22)25-13-16(14(2)3)20-19(23)26-12-15-8-6-5-7-9-15/h5-11,14,16H,4,12-13H2,1-3H3,(H,20,23). The Balaban J connectivity index is 2.41. The van der Waals surface area contributed by atoms with Crippen molar-refractivity contribution in [1.82, 2.24) is 5.32 Å². The SMILES string of the molecule is CCOC(=O)C=CC(=O)OCC(NC(=O)OCc1ccccc1)C(C)C. The van der Waals surface area contributed by atoms with Crippen LogP contribution in [0.1, 0.15) is 26.3 Å². The number of nitrogens with one attached hydrogen (secondary N) is 1. The van der Waals surface area contributed by atoms with Crippen molar-refractivity contribution in [1.29, 1.82) is 0 Å². The first-order chi connectivity index (χ1) is 12.4. The molecule has 7 heteroatoms. The van der Waals surface area contributed by atoms with Crippen LogP contribution in [0.15, 0.2) is 42.5 Å². The summed E-state index contributed by atoms with van der Waals surface area (Å²) in [7, 11) is 0. The van der Waals surface area contributed by atoms with Crippen LogP contribution in [0.4, 0.5) is 4.79 Å². The number of hydrogen-bond acceptors (Lipinski definition) is 6. The zero-order valence-corrected chi connectivity index (χ0v) is 15.3.